The van der Waals surface area contributed by atoms with Crippen molar-refractivity contribution < 1.29 is 32.6 Å². The lowest BCUT2D eigenvalue weighted by atomic mass is 9.95. The number of carbonyl (C=O) groups excluding carboxylic acids is 2. The normalized spacial score (nSPS) is 14.8. The summed E-state index contributed by atoms with van der Waals surface area (Å²) >= 11 is 0. The summed E-state index contributed by atoms with van der Waals surface area (Å²) in [6, 6.07) is 12.9. The van der Waals surface area contributed by atoms with Crippen LogP contribution in [0.4, 0.5) is 13.2 Å². The molecule has 0 amide bonds. The molecule has 4 rings (SSSR count). The Morgan fingerprint density at radius 2 is 1.57 bits per heavy atom. The van der Waals surface area contributed by atoms with Gasteiger partial charge in [0, 0.05) is 10.8 Å². The number of carbonyl (C=O) groups is 2. The number of benzene rings is 3. The second-order valence-corrected chi connectivity index (χ2v) is 8.78. The van der Waals surface area contributed by atoms with Crippen molar-refractivity contribution in [1.29, 1.82) is 0 Å². The van der Waals surface area contributed by atoms with Crippen LogP contribution in [0, 0.1) is 0 Å². The number of phenols is 1. The van der Waals surface area contributed by atoms with Crippen molar-refractivity contribution in [2.75, 3.05) is 0 Å². The lowest BCUT2D eigenvalue weighted by Crippen LogP contribution is -2.43. The van der Waals surface area contributed by atoms with Gasteiger partial charge in [-0.2, -0.15) is 13.2 Å². The third-order valence-electron chi connectivity index (χ3n) is 6.21. The fraction of sp³-hybridized carbons (Fsp3) is 0.333. The Balaban J connectivity index is 0.000000320. The first-order valence-electron chi connectivity index (χ1n) is 11.3. The number of nitrogens with two attached hydrogens (primary N) is 1. The minimum absolute atomic E-state index is 0.00676. The number of rotatable bonds is 5. The standard InChI is InChI=1S/C20H15F3O3.C7H13NO/c1-12(24)17-10-18(25)15-4-2-3-5-16(15)19(17)26-11-13-6-8-14(9-7-13)20(21,22)23;1-6(9)7(8)4-2-3-5-7/h2-10,25H,11H2,1H3;2-5,8H2,1H3. The van der Waals surface area contributed by atoms with Crippen molar-refractivity contribution in [1.82, 2.24) is 0 Å². The van der Waals surface area contributed by atoms with Gasteiger partial charge in [0.05, 0.1) is 16.7 Å². The van der Waals surface area contributed by atoms with Crippen molar-refractivity contribution in [2.45, 2.75) is 57.9 Å². The molecule has 1 aliphatic rings. The number of ketones is 2. The Labute approximate surface area is 201 Å². The van der Waals surface area contributed by atoms with Gasteiger partial charge in [-0.05, 0) is 50.5 Å². The number of Topliss-reactive ketones (excluding diaryl/α,β-unsaturated/α-hetero) is 2. The quantitative estimate of drug-likeness (QED) is 0.419. The number of fused-ring (bicyclic) bond motifs is 1. The molecule has 0 spiro atoms. The molecule has 0 bridgehead atoms. The second-order valence-electron chi connectivity index (χ2n) is 8.78. The Morgan fingerprint density at radius 1 is 1.00 bits per heavy atom. The first-order chi connectivity index (χ1) is 16.4. The van der Waals surface area contributed by atoms with Gasteiger partial charge in [0.2, 0.25) is 0 Å². The molecule has 8 heteroatoms. The van der Waals surface area contributed by atoms with Gasteiger partial charge >= 0.3 is 6.18 Å². The first-order valence-corrected chi connectivity index (χ1v) is 11.3. The average molecular weight is 488 g/mol. The number of hydrogen-bond donors (Lipinski definition) is 2. The highest BCUT2D eigenvalue weighted by Gasteiger charge is 2.33. The Morgan fingerprint density at radius 3 is 2.06 bits per heavy atom. The zero-order valence-corrected chi connectivity index (χ0v) is 19.6. The number of alkyl halides is 3. The lowest BCUT2D eigenvalue weighted by Gasteiger charge is -2.18. The number of halogens is 3. The highest BCUT2D eigenvalue weighted by molar-refractivity contribution is 6.05. The van der Waals surface area contributed by atoms with E-state index in [1.807, 2.05) is 0 Å². The van der Waals surface area contributed by atoms with E-state index < -0.39 is 17.3 Å². The molecule has 35 heavy (non-hydrogen) atoms. The summed E-state index contributed by atoms with van der Waals surface area (Å²) in [4.78, 5) is 22.8. The summed E-state index contributed by atoms with van der Waals surface area (Å²) in [6.07, 6.45) is -0.370. The van der Waals surface area contributed by atoms with E-state index >= 15 is 0 Å². The highest BCUT2D eigenvalue weighted by Crippen LogP contribution is 2.37. The predicted octanol–water partition coefficient (Wildman–Crippen LogP) is 6.19. The van der Waals surface area contributed by atoms with E-state index in [2.05, 4.69) is 0 Å². The maximum Gasteiger partial charge on any atom is 0.416 e. The van der Waals surface area contributed by atoms with Crippen LogP contribution in [0.5, 0.6) is 11.5 Å². The molecule has 1 saturated carbocycles. The molecular weight excluding hydrogens is 459 g/mol. The molecule has 0 saturated heterocycles. The van der Waals surface area contributed by atoms with Crippen LogP contribution in [0.1, 0.15) is 61.0 Å². The van der Waals surface area contributed by atoms with Gasteiger partial charge in [-0.1, -0.05) is 49.2 Å². The third-order valence-corrected chi connectivity index (χ3v) is 6.21. The lowest BCUT2D eigenvalue weighted by molar-refractivity contribution is -0.137. The van der Waals surface area contributed by atoms with Crippen LogP contribution in [-0.2, 0) is 17.6 Å². The molecule has 1 fully saturated rings. The second kappa shape index (κ2) is 10.5. The molecule has 0 aromatic heterocycles. The number of phenolic OH excluding ortho intramolecular Hbond substituents is 1. The molecule has 5 nitrogen and oxygen atoms in total. The van der Waals surface area contributed by atoms with Crippen LogP contribution in [0.15, 0.2) is 54.6 Å². The summed E-state index contributed by atoms with van der Waals surface area (Å²) in [7, 11) is 0. The van der Waals surface area contributed by atoms with Gasteiger partial charge in [0.15, 0.2) is 5.78 Å². The molecule has 0 radical (unpaired) electrons. The van der Waals surface area contributed by atoms with Crippen molar-refractivity contribution in [2.24, 2.45) is 5.73 Å². The summed E-state index contributed by atoms with van der Waals surface area (Å²) in [5.41, 5.74) is 5.32. The van der Waals surface area contributed by atoms with Gasteiger partial charge in [-0.3, -0.25) is 9.59 Å². The van der Waals surface area contributed by atoms with E-state index in [0.29, 0.717) is 22.1 Å². The zero-order valence-electron chi connectivity index (χ0n) is 19.6. The fourth-order valence-electron chi connectivity index (χ4n) is 4.05. The first kappa shape index (κ1) is 26.2. The number of hydrogen-bond acceptors (Lipinski definition) is 5. The SMILES string of the molecule is CC(=O)C1(N)CCCC1.CC(=O)c1cc(O)c2ccccc2c1OCc1ccc(C(F)(F)F)cc1. The Kier molecular flexibility index (Phi) is 7.85. The van der Waals surface area contributed by atoms with Crippen LogP contribution in [0.2, 0.25) is 0 Å². The van der Waals surface area contributed by atoms with Gasteiger partial charge in [0.25, 0.3) is 0 Å². The molecule has 0 aliphatic heterocycles. The molecule has 1 aliphatic carbocycles. The van der Waals surface area contributed by atoms with E-state index in [0.717, 1.165) is 37.8 Å². The summed E-state index contributed by atoms with van der Waals surface area (Å²) < 4.78 is 43.7. The van der Waals surface area contributed by atoms with Crippen molar-refractivity contribution in [3.8, 4) is 11.5 Å². The van der Waals surface area contributed by atoms with Crippen molar-refractivity contribution in [3.05, 3.63) is 71.3 Å². The van der Waals surface area contributed by atoms with Crippen LogP contribution in [0.25, 0.3) is 10.8 Å². The summed E-state index contributed by atoms with van der Waals surface area (Å²) in [6.45, 7) is 2.94. The smallest absolute Gasteiger partial charge is 0.416 e. The van der Waals surface area contributed by atoms with Gasteiger partial charge in [-0.25, -0.2) is 0 Å². The summed E-state index contributed by atoms with van der Waals surface area (Å²) in [5, 5.41) is 11.2. The number of ether oxygens (including phenoxy) is 1. The van der Waals surface area contributed by atoms with Crippen LogP contribution < -0.4 is 10.5 Å². The molecule has 186 valence electrons. The third kappa shape index (κ3) is 6.19. The molecule has 0 unspecified atom stereocenters. The van der Waals surface area contributed by atoms with E-state index in [4.69, 9.17) is 10.5 Å². The number of aromatic hydroxyl groups is 1. The molecule has 0 atom stereocenters. The minimum atomic E-state index is -4.39. The van der Waals surface area contributed by atoms with Crippen LogP contribution in [-0.4, -0.2) is 22.2 Å². The summed E-state index contributed by atoms with van der Waals surface area (Å²) in [5.74, 6) is 0.131. The van der Waals surface area contributed by atoms with E-state index in [1.165, 1.54) is 25.1 Å². The Bertz CT molecular complexity index is 1210. The zero-order chi connectivity index (χ0) is 25.8. The largest absolute Gasteiger partial charge is 0.507 e. The van der Waals surface area contributed by atoms with Crippen LogP contribution in [0.3, 0.4) is 0 Å². The topological polar surface area (TPSA) is 89.6 Å². The fourth-order valence-corrected chi connectivity index (χ4v) is 4.05. The van der Waals surface area contributed by atoms with Crippen molar-refractivity contribution >= 4 is 22.3 Å². The minimum Gasteiger partial charge on any atom is -0.507 e. The molecular formula is C27H28F3NO4. The predicted molar refractivity (Wildman–Crippen MR) is 127 cm³/mol. The Hall–Kier alpha value is -3.39. The highest BCUT2D eigenvalue weighted by atomic mass is 19.4. The average Bonchev–Trinajstić information content (AvgIpc) is 3.26. The monoisotopic (exact) mass is 487 g/mol. The maximum atomic E-state index is 12.6. The van der Waals surface area contributed by atoms with E-state index in [1.54, 1.807) is 31.2 Å². The van der Waals surface area contributed by atoms with Gasteiger partial charge in [0.1, 0.15) is 23.9 Å². The van der Waals surface area contributed by atoms with Gasteiger partial charge in [-0.15, -0.1) is 0 Å². The maximum absolute atomic E-state index is 12.6. The molecule has 3 aromatic carbocycles. The molecule has 3 aromatic rings. The molecule has 0 heterocycles. The van der Waals surface area contributed by atoms with Crippen LogP contribution >= 0.6 is 0 Å². The van der Waals surface area contributed by atoms with E-state index in [-0.39, 0.29) is 29.5 Å². The van der Waals surface area contributed by atoms with E-state index in [9.17, 15) is 27.9 Å². The molecule has 3 N–H and O–H groups in total. The van der Waals surface area contributed by atoms with Gasteiger partial charge < -0.3 is 15.6 Å². The van der Waals surface area contributed by atoms with Crippen molar-refractivity contribution in [3.63, 3.8) is 0 Å².